The summed E-state index contributed by atoms with van der Waals surface area (Å²) in [5.41, 5.74) is 1.66. The summed E-state index contributed by atoms with van der Waals surface area (Å²) in [6, 6.07) is 7.84. The van der Waals surface area contributed by atoms with Crippen molar-refractivity contribution in [1.82, 2.24) is 14.9 Å². The minimum absolute atomic E-state index is 0.000868. The molecule has 1 atom stereocenters. The van der Waals surface area contributed by atoms with Crippen LogP contribution in [0.4, 0.5) is 21.6 Å². The molecule has 8 nitrogen and oxygen atoms in total. The summed E-state index contributed by atoms with van der Waals surface area (Å²) >= 11 is 5.91. The van der Waals surface area contributed by atoms with Crippen LogP contribution in [0.2, 0.25) is 5.02 Å². The molecule has 0 radical (unpaired) electrons. The van der Waals surface area contributed by atoms with Crippen LogP contribution in [0.15, 0.2) is 48.8 Å². The number of nitrogens with zero attached hydrogens (tertiary/aromatic N) is 3. The molecule has 34 heavy (non-hydrogen) atoms. The second kappa shape index (κ2) is 10.8. The van der Waals surface area contributed by atoms with Gasteiger partial charge in [0.25, 0.3) is 0 Å². The number of amides is 1. The van der Waals surface area contributed by atoms with Gasteiger partial charge in [-0.05, 0) is 44.4 Å². The third-order valence-corrected chi connectivity index (χ3v) is 5.39. The Hall–Kier alpha value is -3.27. The number of anilines is 3. The minimum atomic E-state index is -0.505. The van der Waals surface area contributed by atoms with Crippen LogP contribution in [0.1, 0.15) is 6.42 Å². The highest BCUT2D eigenvalue weighted by molar-refractivity contribution is 6.31. The highest BCUT2D eigenvalue weighted by Gasteiger charge is 2.21. The zero-order chi connectivity index (χ0) is 24.1. The monoisotopic (exact) mass is 485 g/mol. The Bertz CT molecular complexity index is 1210. The van der Waals surface area contributed by atoms with Gasteiger partial charge in [0.05, 0.1) is 29.4 Å². The van der Waals surface area contributed by atoms with Crippen LogP contribution in [0.5, 0.6) is 5.75 Å². The molecule has 0 unspecified atom stereocenters. The largest absolute Gasteiger partial charge is 0.486 e. The Labute approximate surface area is 201 Å². The van der Waals surface area contributed by atoms with Crippen LogP contribution in [0, 0.1) is 5.82 Å². The number of ether oxygens (including phenoxy) is 2. The van der Waals surface area contributed by atoms with Crippen LogP contribution in [0.3, 0.4) is 0 Å². The lowest BCUT2D eigenvalue weighted by Crippen LogP contribution is -2.18. The van der Waals surface area contributed by atoms with Crippen molar-refractivity contribution in [3.8, 4) is 5.75 Å². The lowest BCUT2D eigenvalue weighted by molar-refractivity contribution is -0.111. The molecule has 3 aromatic rings. The predicted octanol–water partition coefficient (Wildman–Crippen LogP) is 4.39. The van der Waals surface area contributed by atoms with Gasteiger partial charge in [0.2, 0.25) is 5.91 Å². The molecule has 4 rings (SSSR count). The molecule has 0 aliphatic carbocycles. The average molecular weight is 486 g/mol. The van der Waals surface area contributed by atoms with E-state index in [0.29, 0.717) is 53.6 Å². The van der Waals surface area contributed by atoms with Gasteiger partial charge in [0.1, 0.15) is 29.8 Å². The summed E-state index contributed by atoms with van der Waals surface area (Å²) in [7, 11) is 3.85. The maximum atomic E-state index is 13.5. The van der Waals surface area contributed by atoms with Crippen LogP contribution < -0.4 is 15.4 Å². The number of nitrogens with one attached hydrogen (secondary N) is 2. The van der Waals surface area contributed by atoms with Crippen molar-refractivity contribution < 1.29 is 18.7 Å². The van der Waals surface area contributed by atoms with Crippen molar-refractivity contribution >= 4 is 45.6 Å². The lowest BCUT2D eigenvalue weighted by atomic mass is 10.1. The van der Waals surface area contributed by atoms with Gasteiger partial charge in [0, 0.05) is 30.1 Å². The molecule has 0 saturated carbocycles. The molecule has 2 heterocycles. The predicted molar refractivity (Wildman–Crippen MR) is 130 cm³/mol. The van der Waals surface area contributed by atoms with E-state index in [1.54, 1.807) is 24.3 Å². The summed E-state index contributed by atoms with van der Waals surface area (Å²) in [4.78, 5) is 23.1. The van der Waals surface area contributed by atoms with Crippen molar-refractivity contribution in [2.75, 3.05) is 44.5 Å². The maximum absolute atomic E-state index is 13.5. The molecule has 0 bridgehead atoms. The molecule has 1 amide bonds. The second-order valence-electron chi connectivity index (χ2n) is 8.10. The van der Waals surface area contributed by atoms with E-state index in [9.17, 15) is 9.18 Å². The number of benzene rings is 2. The number of aromatic nitrogens is 2. The van der Waals surface area contributed by atoms with E-state index in [1.807, 2.05) is 19.0 Å². The summed E-state index contributed by atoms with van der Waals surface area (Å²) < 4.78 is 25.1. The molecular formula is C24H25ClFN5O3. The fraction of sp³-hybridized carbons (Fsp3) is 0.292. The van der Waals surface area contributed by atoms with Crippen molar-refractivity contribution in [1.29, 1.82) is 0 Å². The first kappa shape index (κ1) is 23.9. The zero-order valence-corrected chi connectivity index (χ0v) is 19.6. The van der Waals surface area contributed by atoms with E-state index >= 15 is 0 Å². The Morgan fingerprint density at radius 3 is 2.91 bits per heavy atom. The van der Waals surface area contributed by atoms with Crippen LogP contribution in [-0.2, 0) is 9.53 Å². The Kier molecular flexibility index (Phi) is 7.56. The molecule has 1 aliphatic heterocycles. The first-order valence-electron chi connectivity index (χ1n) is 10.8. The van der Waals surface area contributed by atoms with Crippen LogP contribution >= 0.6 is 11.6 Å². The molecule has 1 aliphatic rings. The second-order valence-corrected chi connectivity index (χ2v) is 8.51. The van der Waals surface area contributed by atoms with E-state index in [0.717, 1.165) is 6.42 Å². The van der Waals surface area contributed by atoms with Gasteiger partial charge >= 0.3 is 0 Å². The number of rotatable bonds is 8. The molecule has 2 N–H and O–H groups in total. The molecule has 10 heteroatoms. The molecule has 1 fully saturated rings. The summed E-state index contributed by atoms with van der Waals surface area (Å²) in [6.45, 7) is 1.73. The Morgan fingerprint density at radius 2 is 2.18 bits per heavy atom. The van der Waals surface area contributed by atoms with Crippen LogP contribution in [-0.4, -0.2) is 60.7 Å². The minimum Gasteiger partial charge on any atom is -0.486 e. The third-order valence-electron chi connectivity index (χ3n) is 5.10. The normalized spacial score (nSPS) is 15.9. The van der Waals surface area contributed by atoms with Gasteiger partial charge in [-0.3, -0.25) is 4.79 Å². The zero-order valence-electron chi connectivity index (χ0n) is 18.8. The van der Waals surface area contributed by atoms with E-state index in [2.05, 4.69) is 20.6 Å². The molecular weight excluding hydrogens is 461 g/mol. The number of hydrogen-bond acceptors (Lipinski definition) is 7. The standard InChI is InChI=1S/C24H25ClFN5O3/c1-31(2)8-3-4-23(32)30-21-12-20-17(11-22(21)34-16-7-9-33-13-16)24(28-14-27-20)29-15-5-6-19(26)18(25)10-15/h3-6,10-12,14,16H,7-9,13H2,1-2H3,(H,30,32)(H,27,28,29)/b4-3+/t16-/m0/s1. The van der Waals surface area contributed by atoms with Gasteiger partial charge in [0.15, 0.2) is 0 Å². The lowest BCUT2D eigenvalue weighted by Gasteiger charge is -2.18. The van der Waals surface area contributed by atoms with Gasteiger partial charge in [-0.25, -0.2) is 14.4 Å². The maximum Gasteiger partial charge on any atom is 0.248 e. The smallest absolute Gasteiger partial charge is 0.248 e. The van der Waals surface area contributed by atoms with Crippen molar-refractivity contribution in [2.24, 2.45) is 0 Å². The summed E-state index contributed by atoms with van der Waals surface area (Å²) in [5.74, 6) is 0.188. The number of fused-ring (bicyclic) bond motifs is 1. The van der Waals surface area contributed by atoms with Gasteiger partial charge in [-0.1, -0.05) is 17.7 Å². The fourth-order valence-corrected chi connectivity index (χ4v) is 3.60. The topological polar surface area (TPSA) is 88.6 Å². The summed E-state index contributed by atoms with van der Waals surface area (Å²) in [6.07, 6.45) is 5.29. The molecule has 0 spiro atoms. The van der Waals surface area contributed by atoms with Crippen molar-refractivity contribution in [2.45, 2.75) is 12.5 Å². The van der Waals surface area contributed by atoms with Gasteiger partial charge in [-0.15, -0.1) is 0 Å². The first-order chi connectivity index (χ1) is 16.4. The third kappa shape index (κ3) is 5.99. The average Bonchev–Trinajstić information content (AvgIpc) is 3.30. The van der Waals surface area contributed by atoms with Crippen molar-refractivity contribution in [3.05, 3.63) is 59.7 Å². The fourth-order valence-electron chi connectivity index (χ4n) is 3.42. The van der Waals surface area contributed by atoms with E-state index in [1.165, 1.54) is 24.5 Å². The molecule has 2 aromatic carbocycles. The SMILES string of the molecule is CN(C)C/C=C/C(=O)Nc1cc2ncnc(Nc3ccc(F)c(Cl)c3)c2cc1O[C@H]1CCOC1. The van der Waals surface area contributed by atoms with E-state index in [-0.39, 0.29) is 17.0 Å². The number of hydrogen-bond donors (Lipinski definition) is 2. The number of halogens is 2. The van der Waals surface area contributed by atoms with Crippen LogP contribution in [0.25, 0.3) is 10.9 Å². The highest BCUT2D eigenvalue weighted by Crippen LogP contribution is 2.35. The quantitative estimate of drug-likeness (QED) is 0.457. The first-order valence-corrected chi connectivity index (χ1v) is 11.1. The van der Waals surface area contributed by atoms with E-state index < -0.39 is 5.82 Å². The van der Waals surface area contributed by atoms with Gasteiger partial charge < -0.3 is 25.0 Å². The molecule has 178 valence electrons. The Morgan fingerprint density at radius 1 is 1.32 bits per heavy atom. The Balaban J connectivity index is 1.67. The molecule has 1 saturated heterocycles. The van der Waals surface area contributed by atoms with E-state index in [4.69, 9.17) is 21.1 Å². The number of carbonyl (C=O) groups is 1. The highest BCUT2D eigenvalue weighted by atomic mass is 35.5. The van der Waals surface area contributed by atoms with Crippen molar-refractivity contribution in [3.63, 3.8) is 0 Å². The number of carbonyl (C=O) groups excluding carboxylic acids is 1. The van der Waals surface area contributed by atoms with Gasteiger partial charge in [-0.2, -0.15) is 0 Å². The molecule has 1 aromatic heterocycles. The number of likely N-dealkylation sites (N-methyl/N-ethyl adjacent to an activating group) is 1. The summed E-state index contributed by atoms with van der Waals surface area (Å²) in [5, 5.41) is 6.70.